The molecule has 0 saturated carbocycles. The summed E-state index contributed by atoms with van der Waals surface area (Å²) in [6.45, 7) is 11.1. The molecular formula is C18H35O5P. The normalized spacial score (nSPS) is 12.6. The number of Topliss-reactive ketones (excluding diaryl/α,β-unsaturated/α-hetero) is 2. The molecule has 0 rings (SSSR count). The van der Waals surface area contributed by atoms with Crippen molar-refractivity contribution in [3.63, 3.8) is 0 Å². The highest BCUT2D eigenvalue weighted by atomic mass is 31.1. The van der Waals surface area contributed by atoms with E-state index in [0.717, 1.165) is 38.5 Å². The molecule has 24 heavy (non-hydrogen) atoms. The number of rotatable bonds is 14. The fourth-order valence-corrected chi connectivity index (χ4v) is 2.78. The Morgan fingerprint density at radius 1 is 0.792 bits per heavy atom. The first-order valence-electron chi connectivity index (χ1n) is 8.93. The molecule has 0 N–H and O–H groups in total. The molecule has 0 aromatic heterocycles. The Morgan fingerprint density at radius 3 is 1.42 bits per heavy atom. The molecule has 0 unspecified atom stereocenters. The lowest BCUT2D eigenvalue weighted by Crippen LogP contribution is -2.28. The zero-order valence-corrected chi connectivity index (χ0v) is 17.2. The van der Waals surface area contributed by atoms with Crippen molar-refractivity contribution < 1.29 is 23.2 Å². The Morgan fingerprint density at radius 2 is 1.12 bits per heavy atom. The van der Waals surface area contributed by atoms with Crippen LogP contribution in [0.4, 0.5) is 0 Å². The molecular weight excluding hydrogens is 327 g/mol. The van der Waals surface area contributed by atoms with Gasteiger partial charge in [0.15, 0.2) is 11.6 Å². The van der Waals surface area contributed by atoms with Gasteiger partial charge in [0.1, 0.15) is 13.2 Å². The maximum absolute atomic E-state index is 12.1. The Balaban J connectivity index is 4.23. The summed E-state index contributed by atoms with van der Waals surface area (Å²) in [5, 5.41) is 0. The molecule has 0 radical (unpaired) electrons. The van der Waals surface area contributed by atoms with E-state index >= 15 is 0 Å². The zero-order chi connectivity index (χ0) is 18.8. The Bertz CT molecular complexity index is 391. The maximum Gasteiger partial charge on any atom is 0.319 e. The summed E-state index contributed by atoms with van der Waals surface area (Å²) in [6, 6.07) is 0. The van der Waals surface area contributed by atoms with Crippen LogP contribution in [0.5, 0.6) is 0 Å². The second-order valence-electron chi connectivity index (χ2n) is 7.65. The van der Waals surface area contributed by atoms with Crippen LogP contribution in [-0.2, 0) is 23.2 Å². The third-order valence-electron chi connectivity index (χ3n) is 4.46. The SMILES string of the molecule is CCCCC(C)(C)C(=O)CO[PH](=O)OCC(=O)C(C)(C)CCCC. The van der Waals surface area contributed by atoms with Crippen LogP contribution in [0, 0.1) is 10.8 Å². The van der Waals surface area contributed by atoms with Crippen molar-refractivity contribution >= 4 is 19.8 Å². The van der Waals surface area contributed by atoms with Crippen LogP contribution in [-0.4, -0.2) is 24.8 Å². The highest BCUT2D eigenvalue weighted by Crippen LogP contribution is 2.30. The van der Waals surface area contributed by atoms with E-state index in [0.29, 0.717) is 0 Å². The number of ketones is 2. The molecule has 0 aliphatic rings. The van der Waals surface area contributed by atoms with Crippen LogP contribution in [0.25, 0.3) is 0 Å². The van der Waals surface area contributed by atoms with Crippen molar-refractivity contribution in [1.29, 1.82) is 0 Å². The van der Waals surface area contributed by atoms with Gasteiger partial charge in [-0.3, -0.25) is 14.2 Å². The van der Waals surface area contributed by atoms with E-state index in [4.69, 9.17) is 9.05 Å². The summed E-state index contributed by atoms with van der Waals surface area (Å²) in [5.74, 6) is -0.181. The van der Waals surface area contributed by atoms with Gasteiger partial charge in [0.05, 0.1) is 0 Å². The summed E-state index contributed by atoms with van der Waals surface area (Å²) >= 11 is 0. The van der Waals surface area contributed by atoms with Gasteiger partial charge >= 0.3 is 8.25 Å². The molecule has 0 spiro atoms. The quantitative estimate of drug-likeness (QED) is 0.408. The summed E-state index contributed by atoms with van der Waals surface area (Å²) in [4.78, 5) is 24.2. The van der Waals surface area contributed by atoms with E-state index in [1.807, 2.05) is 27.7 Å². The molecule has 0 fully saturated rings. The van der Waals surface area contributed by atoms with Crippen molar-refractivity contribution in [1.82, 2.24) is 0 Å². The maximum atomic E-state index is 12.1. The molecule has 0 aliphatic carbocycles. The molecule has 6 heteroatoms. The lowest BCUT2D eigenvalue weighted by atomic mass is 9.83. The second kappa shape index (κ2) is 11.2. The molecule has 0 aromatic carbocycles. The fourth-order valence-electron chi connectivity index (χ4n) is 2.20. The van der Waals surface area contributed by atoms with Crippen molar-refractivity contribution in [2.24, 2.45) is 10.8 Å². The summed E-state index contributed by atoms with van der Waals surface area (Å²) in [6.07, 6.45) is 5.52. The van der Waals surface area contributed by atoms with E-state index in [1.54, 1.807) is 0 Å². The number of carbonyl (C=O) groups is 2. The van der Waals surface area contributed by atoms with Crippen LogP contribution in [0.1, 0.15) is 80.1 Å². The van der Waals surface area contributed by atoms with E-state index in [-0.39, 0.29) is 24.8 Å². The molecule has 0 atom stereocenters. The molecule has 0 bridgehead atoms. The van der Waals surface area contributed by atoms with Gasteiger partial charge in [-0.05, 0) is 12.8 Å². The minimum absolute atomic E-state index is 0.0903. The summed E-state index contributed by atoms with van der Waals surface area (Å²) in [5.41, 5.74) is -0.980. The van der Waals surface area contributed by atoms with Crippen molar-refractivity contribution in [3.05, 3.63) is 0 Å². The average Bonchev–Trinajstić information content (AvgIpc) is 2.53. The smallest absolute Gasteiger partial charge is 0.303 e. The van der Waals surface area contributed by atoms with Crippen LogP contribution in [0.2, 0.25) is 0 Å². The third kappa shape index (κ3) is 9.10. The number of hydrogen-bond donors (Lipinski definition) is 0. The number of hydrogen-bond acceptors (Lipinski definition) is 5. The number of unbranched alkanes of at least 4 members (excludes halogenated alkanes) is 2. The van der Waals surface area contributed by atoms with Gasteiger partial charge in [-0.1, -0.05) is 67.2 Å². The highest BCUT2D eigenvalue weighted by molar-refractivity contribution is 7.33. The van der Waals surface area contributed by atoms with Crippen molar-refractivity contribution in [3.8, 4) is 0 Å². The van der Waals surface area contributed by atoms with E-state index in [1.165, 1.54) is 0 Å². The van der Waals surface area contributed by atoms with Gasteiger partial charge in [-0.2, -0.15) is 0 Å². The predicted molar refractivity (Wildman–Crippen MR) is 97.5 cm³/mol. The Hall–Kier alpha value is -0.510. The molecule has 5 nitrogen and oxygen atoms in total. The fraction of sp³-hybridized carbons (Fsp3) is 0.889. The standard InChI is InChI=1S/C18H35O5P/c1-7-9-11-17(3,4)15(19)13-22-24(21)23-14-16(20)18(5,6)12-10-8-2/h24H,7-14H2,1-6H3. The lowest BCUT2D eigenvalue weighted by Gasteiger charge is -2.23. The van der Waals surface area contributed by atoms with Crippen molar-refractivity contribution in [2.45, 2.75) is 80.1 Å². The van der Waals surface area contributed by atoms with Crippen LogP contribution in [0.15, 0.2) is 0 Å². The van der Waals surface area contributed by atoms with Crippen molar-refractivity contribution in [2.75, 3.05) is 13.2 Å². The van der Waals surface area contributed by atoms with Gasteiger partial charge in [0.25, 0.3) is 0 Å². The van der Waals surface area contributed by atoms with Gasteiger partial charge in [-0.25, -0.2) is 0 Å². The average molecular weight is 362 g/mol. The van der Waals surface area contributed by atoms with Gasteiger partial charge < -0.3 is 9.05 Å². The lowest BCUT2D eigenvalue weighted by molar-refractivity contribution is -0.130. The van der Waals surface area contributed by atoms with Gasteiger partial charge in [0.2, 0.25) is 0 Å². The molecule has 142 valence electrons. The minimum atomic E-state index is -2.83. The first kappa shape index (κ1) is 23.5. The highest BCUT2D eigenvalue weighted by Gasteiger charge is 2.29. The Kier molecular flexibility index (Phi) is 10.9. The van der Waals surface area contributed by atoms with E-state index in [2.05, 4.69) is 13.8 Å². The summed E-state index contributed by atoms with van der Waals surface area (Å²) in [7, 11) is -2.83. The first-order chi connectivity index (χ1) is 11.1. The monoisotopic (exact) mass is 362 g/mol. The van der Waals surface area contributed by atoms with E-state index < -0.39 is 19.1 Å². The first-order valence-corrected chi connectivity index (χ1v) is 10.2. The van der Waals surface area contributed by atoms with Crippen LogP contribution < -0.4 is 0 Å². The predicted octanol–water partition coefficient (Wildman–Crippen LogP) is 4.98. The van der Waals surface area contributed by atoms with Gasteiger partial charge in [-0.15, -0.1) is 0 Å². The third-order valence-corrected chi connectivity index (χ3v) is 5.22. The second-order valence-corrected chi connectivity index (χ2v) is 8.73. The number of carbonyl (C=O) groups excluding carboxylic acids is 2. The summed E-state index contributed by atoms with van der Waals surface area (Å²) < 4.78 is 21.8. The topological polar surface area (TPSA) is 69.7 Å². The molecule has 0 heterocycles. The van der Waals surface area contributed by atoms with Crippen LogP contribution >= 0.6 is 8.25 Å². The largest absolute Gasteiger partial charge is 0.319 e. The van der Waals surface area contributed by atoms with Gasteiger partial charge in [0, 0.05) is 10.8 Å². The minimum Gasteiger partial charge on any atom is -0.303 e. The molecule has 0 aliphatic heterocycles. The Labute approximate surface area is 147 Å². The zero-order valence-electron chi connectivity index (χ0n) is 16.2. The molecule has 0 amide bonds. The van der Waals surface area contributed by atoms with E-state index in [9.17, 15) is 14.2 Å². The molecule has 0 aromatic rings. The van der Waals surface area contributed by atoms with Crippen LogP contribution in [0.3, 0.4) is 0 Å². The molecule has 0 saturated heterocycles.